The van der Waals surface area contributed by atoms with Gasteiger partial charge in [-0.2, -0.15) is 0 Å². The quantitative estimate of drug-likeness (QED) is 0.597. The minimum absolute atomic E-state index is 0.0190. The molecule has 0 aliphatic carbocycles. The third kappa shape index (κ3) is 4.34. The Balaban J connectivity index is 2.08. The number of aliphatic hydroxyl groups excluding tert-OH is 2. The molecule has 26 heavy (non-hydrogen) atoms. The molecule has 2 heterocycles. The number of aliphatic hydroxyl groups is 2. The number of nitrogens with one attached hydrogen (secondary N) is 1. The van der Waals surface area contributed by atoms with Gasteiger partial charge in [-0.05, 0) is 24.6 Å². The third-order valence-corrected chi connectivity index (χ3v) is 5.37. The second kappa shape index (κ2) is 8.33. The standard InChI is InChI=1S/C15H21FN2O7S/c1-3-8(4-2)26-14(23)24-7-15(16)11(21)10(20)12(25-15)18-6-5-9(19)17-13(18)22/h5-6,8,10-12,20-21H,3-4,7H2,1-2H3,(H,17,19,22)/t10-,11+,12-,15-/m1/s1. The third-order valence-electron chi connectivity index (χ3n) is 4.06. The van der Waals surface area contributed by atoms with Crippen molar-refractivity contribution in [2.24, 2.45) is 0 Å². The number of thioether (sulfide) groups is 1. The van der Waals surface area contributed by atoms with Gasteiger partial charge in [-0.1, -0.05) is 13.8 Å². The highest BCUT2D eigenvalue weighted by molar-refractivity contribution is 8.13. The van der Waals surface area contributed by atoms with E-state index in [0.717, 1.165) is 41.4 Å². The molecule has 1 aromatic heterocycles. The van der Waals surface area contributed by atoms with Crippen molar-refractivity contribution in [2.45, 2.75) is 56.2 Å². The van der Waals surface area contributed by atoms with E-state index in [0.29, 0.717) is 0 Å². The second-order valence-corrected chi connectivity index (χ2v) is 7.08. The first kappa shape index (κ1) is 20.6. The number of H-pyrrole nitrogens is 1. The summed E-state index contributed by atoms with van der Waals surface area (Å²) in [7, 11) is 0. The minimum Gasteiger partial charge on any atom is -0.451 e. The summed E-state index contributed by atoms with van der Waals surface area (Å²) in [4.78, 5) is 36.6. The number of halogens is 1. The lowest BCUT2D eigenvalue weighted by Crippen LogP contribution is -2.43. The van der Waals surface area contributed by atoms with Crippen molar-refractivity contribution in [1.29, 1.82) is 0 Å². The maximum absolute atomic E-state index is 14.9. The van der Waals surface area contributed by atoms with Gasteiger partial charge in [0.25, 0.3) is 11.4 Å². The summed E-state index contributed by atoms with van der Waals surface area (Å²) in [5.74, 6) is -2.90. The summed E-state index contributed by atoms with van der Waals surface area (Å²) < 4.78 is 25.4. The molecule has 1 fully saturated rings. The summed E-state index contributed by atoms with van der Waals surface area (Å²) in [6, 6.07) is 0.981. The van der Waals surface area contributed by atoms with Crippen LogP contribution in [0.1, 0.15) is 32.9 Å². The highest BCUT2D eigenvalue weighted by Crippen LogP contribution is 2.38. The normalized spacial score (nSPS) is 28.5. The number of carbonyl (C=O) groups is 1. The van der Waals surface area contributed by atoms with Gasteiger partial charge >= 0.3 is 11.0 Å². The topological polar surface area (TPSA) is 131 Å². The van der Waals surface area contributed by atoms with Gasteiger partial charge in [-0.15, -0.1) is 0 Å². The molecule has 1 aromatic rings. The zero-order valence-electron chi connectivity index (χ0n) is 14.3. The molecule has 0 unspecified atom stereocenters. The van der Waals surface area contributed by atoms with Gasteiger partial charge in [0.15, 0.2) is 12.8 Å². The molecule has 0 bridgehead atoms. The molecule has 0 amide bonds. The van der Waals surface area contributed by atoms with Crippen LogP contribution in [0.25, 0.3) is 0 Å². The SMILES string of the molecule is CCC(CC)SC(=O)OC[C@@]1(F)O[C@@H](n2ccc(=O)[nH]c2=O)[C@H](O)[C@@H]1O. The lowest BCUT2D eigenvalue weighted by atomic mass is 10.1. The van der Waals surface area contributed by atoms with Crippen LogP contribution in [0.3, 0.4) is 0 Å². The van der Waals surface area contributed by atoms with Crippen molar-refractivity contribution in [3.63, 3.8) is 0 Å². The Labute approximate surface area is 152 Å². The van der Waals surface area contributed by atoms with Crippen LogP contribution < -0.4 is 11.2 Å². The fourth-order valence-electron chi connectivity index (χ4n) is 2.50. The fourth-order valence-corrected chi connectivity index (χ4v) is 3.23. The average Bonchev–Trinajstić information content (AvgIpc) is 2.83. The predicted octanol–water partition coefficient (Wildman–Crippen LogP) is 0.511. The van der Waals surface area contributed by atoms with Gasteiger partial charge in [-0.3, -0.25) is 14.3 Å². The Hall–Kier alpha value is -1.69. The first-order valence-electron chi connectivity index (χ1n) is 8.09. The van der Waals surface area contributed by atoms with Crippen LogP contribution in [0, 0.1) is 0 Å². The van der Waals surface area contributed by atoms with E-state index in [9.17, 15) is 29.0 Å². The molecule has 146 valence electrons. The first-order chi connectivity index (χ1) is 12.2. The molecular weight excluding hydrogens is 371 g/mol. The zero-order valence-corrected chi connectivity index (χ0v) is 15.1. The Morgan fingerprint density at radius 1 is 1.46 bits per heavy atom. The van der Waals surface area contributed by atoms with E-state index in [1.807, 2.05) is 18.8 Å². The molecule has 4 atom stereocenters. The number of hydrogen-bond acceptors (Lipinski definition) is 8. The molecule has 1 aliphatic rings. The fraction of sp³-hybridized carbons (Fsp3) is 0.667. The number of aromatic amines is 1. The highest BCUT2D eigenvalue weighted by atomic mass is 32.2. The molecule has 2 rings (SSSR count). The number of aromatic nitrogens is 2. The number of nitrogens with zero attached hydrogens (tertiary/aromatic N) is 1. The predicted molar refractivity (Wildman–Crippen MR) is 90.6 cm³/mol. The average molecular weight is 392 g/mol. The van der Waals surface area contributed by atoms with Gasteiger partial charge in [0, 0.05) is 17.5 Å². The van der Waals surface area contributed by atoms with Crippen molar-refractivity contribution >= 4 is 17.1 Å². The smallest absolute Gasteiger partial charge is 0.367 e. The van der Waals surface area contributed by atoms with Crippen LogP contribution in [-0.2, 0) is 9.47 Å². The molecular formula is C15H21FN2O7S. The van der Waals surface area contributed by atoms with Crippen LogP contribution in [0.15, 0.2) is 21.9 Å². The van der Waals surface area contributed by atoms with Gasteiger partial charge in [-0.25, -0.2) is 14.0 Å². The number of alkyl halides is 1. The molecule has 3 N–H and O–H groups in total. The molecule has 1 aliphatic heterocycles. The molecule has 0 aromatic carbocycles. The van der Waals surface area contributed by atoms with Gasteiger partial charge in [0.05, 0.1) is 0 Å². The van der Waals surface area contributed by atoms with E-state index in [-0.39, 0.29) is 5.25 Å². The van der Waals surface area contributed by atoms with Crippen molar-refractivity contribution in [3.05, 3.63) is 33.1 Å². The van der Waals surface area contributed by atoms with Crippen molar-refractivity contribution in [3.8, 4) is 0 Å². The van der Waals surface area contributed by atoms with E-state index < -0.39 is 47.4 Å². The molecule has 9 nitrogen and oxygen atoms in total. The summed E-state index contributed by atoms with van der Waals surface area (Å²) >= 11 is 0.908. The molecule has 11 heteroatoms. The summed E-state index contributed by atoms with van der Waals surface area (Å²) in [5, 5.41) is 19.2. The van der Waals surface area contributed by atoms with Gasteiger partial charge < -0.3 is 19.7 Å². The van der Waals surface area contributed by atoms with Gasteiger partial charge in [0.2, 0.25) is 0 Å². The molecule has 0 spiro atoms. The number of ether oxygens (including phenoxy) is 2. The van der Waals surface area contributed by atoms with E-state index in [2.05, 4.69) is 0 Å². The summed E-state index contributed by atoms with van der Waals surface area (Å²) in [6.07, 6.45) is -3.00. The van der Waals surface area contributed by atoms with E-state index in [1.165, 1.54) is 0 Å². The first-order valence-corrected chi connectivity index (χ1v) is 8.97. The van der Waals surface area contributed by atoms with E-state index in [1.54, 1.807) is 0 Å². The van der Waals surface area contributed by atoms with Crippen LogP contribution >= 0.6 is 11.8 Å². The molecule has 0 radical (unpaired) electrons. The number of rotatable bonds is 6. The van der Waals surface area contributed by atoms with E-state index >= 15 is 0 Å². The molecule has 1 saturated heterocycles. The van der Waals surface area contributed by atoms with Crippen molar-refractivity contribution in [2.75, 3.05) is 6.61 Å². The van der Waals surface area contributed by atoms with Crippen LogP contribution in [0.4, 0.5) is 9.18 Å². The lowest BCUT2D eigenvalue weighted by Gasteiger charge is -2.23. The Morgan fingerprint density at radius 3 is 2.69 bits per heavy atom. The van der Waals surface area contributed by atoms with Crippen LogP contribution in [0.2, 0.25) is 0 Å². The maximum atomic E-state index is 14.9. The Kier molecular flexibility index (Phi) is 6.61. The van der Waals surface area contributed by atoms with Crippen molar-refractivity contribution < 1.29 is 28.9 Å². The van der Waals surface area contributed by atoms with Crippen molar-refractivity contribution in [1.82, 2.24) is 9.55 Å². The van der Waals surface area contributed by atoms with Crippen LogP contribution in [0.5, 0.6) is 0 Å². The Bertz CT molecular complexity index is 750. The van der Waals surface area contributed by atoms with Crippen LogP contribution in [-0.4, -0.2) is 55.0 Å². The molecule has 0 saturated carbocycles. The number of carbonyl (C=O) groups excluding carboxylic acids is 1. The number of hydrogen-bond donors (Lipinski definition) is 3. The van der Waals surface area contributed by atoms with E-state index in [4.69, 9.17) is 9.47 Å². The second-order valence-electron chi connectivity index (χ2n) is 5.84. The summed E-state index contributed by atoms with van der Waals surface area (Å²) in [5.41, 5.74) is -1.63. The zero-order chi connectivity index (χ0) is 19.5. The largest absolute Gasteiger partial charge is 0.451 e. The monoisotopic (exact) mass is 392 g/mol. The summed E-state index contributed by atoms with van der Waals surface area (Å²) in [6.45, 7) is 2.85. The Morgan fingerprint density at radius 2 is 2.12 bits per heavy atom. The lowest BCUT2D eigenvalue weighted by molar-refractivity contribution is -0.206. The maximum Gasteiger partial charge on any atom is 0.367 e. The highest BCUT2D eigenvalue weighted by Gasteiger charge is 2.57. The van der Waals surface area contributed by atoms with Gasteiger partial charge in [0.1, 0.15) is 12.2 Å². The minimum atomic E-state index is -2.90.